The van der Waals surface area contributed by atoms with Crippen LogP contribution in [0.25, 0.3) is 5.69 Å². The molecule has 2 aromatic heterocycles. The van der Waals surface area contributed by atoms with Crippen molar-refractivity contribution >= 4 is 5.91 Å². The van der Waals surface area contributed by atoms with Crippen LogP contribution in [0.5, 0.6) is 0 Å². The van der Waals surface area contributed by atoms with E-state index in [1.807, 2.05) is 0 Å². The lowest BCUT2D eigenvalue weighted by Crippen LogP contribution is -2.45. The Kier molecular flexibility index (Phi) is 4.22. The van der Waals surface area contributed by atoms with Crippen molar-refractivity contribution in [1.29, 1.82) is 0 Å². The number of hydrogen-bond acceptors (Lipinski definition) is 5. The molecule has 1 N–H and O–H groups in total. The number of halogens is 1. The molecule has 0 aliphatic heterocycles. The zero-order valence-corrected chi connectivity index (χ0v) is 16.2. The fourth-order valence-corrected chi connectivity index (χ4v) is 4.57. The van der Waals surface area contributed by atoms with E-state index in [0.29, 0.717) is 17.4 Å². The van der Waals surface area contributed by atoms with Crippen LogP contribution in [0.15, 0.2) is 28.8 Å². The summed E-state index contributed by atoms with van der Waals surface area (Å²) in [6.45, 7) is 1.75. The topological polar surface area (TPSA) is 85.8 Å². The van der Waals surface area contributed by atoms with Crippen molar-refractivity contribution in [2.45, 2.75) is 57.4 Å². The highest BCUT2D eigenvalue weighted by Crippen LogP contribution is 2.38. The first-order valence-electron chi connectivity index (χ1n) is 10.1. The fourth-order valence-electron chi connectivity index (χ4n) is 4.57. The molecule has 2 aliphatic carbocycles. The molecule has 2 aliphatic rings. The lowest BCUT2D eigenvalue weighted by Gasteiger charge is -2.26. The average Bonchev–Trinajstić information content (AvgIpc) is 3.46. The normalized spacial score (nSPS) is 17.4. The predicted molar refractivity (Wildman–Crippen MR) is 102 cm³/mol. The van der Waals surface area contributed by atoms with Crippen LogP contribution >= 0.6 is 0 Å². The summed E-state index contributed by atoms with van der Waals surface area (Å²) in [7, 11) is 0. The molecule has 0 saturated heterocycles. The number of nitrogens with zero attached hydrogens (tertiary/aromatic N) is 4. The largest absolute Gasteiger partial charge is 0.340 e. The molecule has 150 valence electrons. The van der Waals surface area contributed by atoms with E-state index in [2.05, 4.69) is 20.6 Å². The summed E-state index contributed by atoms with van der Waals surface area (Å²) in [5, 5.41) is 11.9. The molecule has 1 amide bonds. The molecule has 0 bridgehead atoms. The van der Waals surface area contributed by atoms with Crippen LogP contribution in [0.1, 0.15) is 65.6 Å². The number of fused-ring (bicyclic) bond motifs is 1. The van der Waals surface area contributed by atoms with E-state index in [1.165, 1.54) is 12.1 Å². The SMILES string of the molecule is Cc1nc(C2(NC(=O)c3nn(-c4ccc(F)cc4)c4c3CCC4)CCCC2)no1. The quantitative estimate of drug-likeness (QED) is 0.732. The van der Waals surface area contributed by atoms with E-state index in [9.17, 15) is 9.18 Å². The highest BCUT2D eigenvalue weighted by atomic mass is 19.1. The first-order valence-corrected chi connectivity index (χ1v) is 10.1. The molecule has 0 atom stereocenters. The van der Waals surface area contributed by atoms with Gasteiger partial charge in [-0.1, -0.05) is 18.0 Å². The molecule has 1 fully saturated rings. The minimum Gasteiger partial charge on any atom is -0.340 e. The Labute approximate surface area is 167 Å². The van der Waals surface area contributed by atoms with Gasteiger partial charge in [-0.25, -0.2) is 9.07 Å². The van der Waals surface area contributed by atoms with Gasteiger partial charge in [-0.15, -0.1) is 0 Å². The van der Waals surface area contributed by atoms with Gasteiger partial charge < -0.3 is 9.84 Å². The Morgan fingerprint density at radius 3 is 2.62 bits per heavy atom. The minimum absolute atomic E-state index is 0.214. The molecule has 0 radical (unpaired) electrons. The van der Waals surface area contributed by atoms with Crippen LogP contribution in [0.3, 0.4) is 0 Å². The highest BCUT2D eigenvalue weighted by Gasteiger charge is 2.42. The van der Waals surface area contributed by atoms with Gasteiger partial charge in [-0.3, -0.25) is 4.79 Å². The second-order valence-corrected chi connectivity index (χ2v) is 7.90. The standard InChI is InChI=1S/C21H22FN5O2/c1-13-23-20(26-29-13)21(11-2-3-12-21)24-19(28)18-16-5-4-6-17(16)27(25-18)15-9-7-14(22)8-10-15/h7-10H,2-6,11-12H2,1H3,(H,24,28). The maximum absolute atomic E-state index is 13.3. The average molecular weight is 395 g/mol. The zero-order chi connectivity index (χ0) is 20.0. The Balaban J connectivity index is 1.50. The first kappa shape index (κ1) is 18.0. The maximum Gasteiger partial charge on any atom is 0.272 e. The van der Waals surface area contributed by atoms with Gasteiger partial charge in [-0.2, -0.15) is 10.1 Å². The molecule has 3 aromatic rings. The van der Waals surface area contributed by atoms with Crippen LogP contribution < -0.4 is 5.32 Å². The summed E-state index contributed by atoms with van der Waals surface area (Å²) in [5.41, 5.74) is 2.59. The van der Waals surface area contributed by atoms with E-state index in [1.54, 1.807) is 23.7 Å². The Morgan fingerprint density at radius 1 is 1.17 bits per heavy atom. The summed E-state index contributed by atoms with van der Waals surface area (Å²) < 4.78 is 20.3. The number of carbonyl (C=O) groups excluding carboxylic acids is 1. The number of hydrogen-bond donors (Lipinski definition) is 1. The van der Waals surface area contributed by atoms with Crippen molar-refractivity contribution in [3.63, 3.8) is 0 Å². The van der Waals surface area contributed by atoms with E-state index in [4.69, 9.17) is 4.52 Å². The molecule has 5 rings (SSSR count). The second-order valence-electron chi connectivity index (χ2n) is 7.90. The predicted octanol–water partition coefficient (Wildman–Crippen LogP) is 3.39. The van der Waals surface area contributed by atoms with Crippen molar-refractivity contribution in [1.82, 2.24) is 25.2 Å². The van der Waals surface area contributed by atoms with Gasteiger partial charge in [-0.05, 0) is 56.4 Å². The molecule has 0 spiro atoms. The van der Waals surface area contributed by atoms with E-state index in [0.717, 1.165) is 61.9 Å². The molecule has 1 saturated carbocycles. The molecule has 2 heterocycles. The van der Waals surface area contributed by atoms with Gasteiger partial charge in [0.15, 0.2) is 11.5 Å². The smallest absolute Gasteiger partial charge is 0.272 e. The monoisotopic (exact) mass is 395 g/mol. The number of nitrogens with one attached hydrogen (secondary N) is 1. The summed E-state index contributed by atoms with van der Waals surface area (Å²) in [6.07, 6.45) is 6.18. The number of carbonyl (C=O) groups is 1. The third-order valence-electron chi connectivity index (χ3n) is 5.98. The minimum atomic E-state index is -0.611. The van der Waals surface area contributed by atoms with Gasteiger partial charge >= 0.3 is 0 Å². The Morgan fingerprint density at radius 2 is 1.93 bits per heavy atom. The highest BCUT2D eigenvalue weighted by molar-refractivity contribution is 5.95. The second kappa shape index (κ2) is 6.79. The van der Waals surface area contributed by atoms with Gasteiger partial charge in [0.05, 0.1) is 5.69 Å². The third-order valence-corrected chi connectivity index (χ3v) is 5.98. The summed E-state index contributed by atoms with van der Waals surface area (Å²) in [4.78, 5) is 17.7. The molecule has 7 nitrogen and oxygen atoms in total. The number of aromatic nitrogens is 4. The van der Waals surface area contributed by atoms with E-state index < -0.39 is 5.54 Å². The van der Waals surface area contributed by atoms with Crippen molar-refractivity contribution in [2.24, 2.45) is 0 Å². The fraction of sp³-hybridized carbons (Fsp3) is 0.429. The summed E-state index contributed by atoms with van der Waals surface area (Å²) in [5.74, 6) is 0.514. The van der Waals surface area contributed by atoms with Crippen molar-refractivity contribution < 1.29 is 13.7 Å². The number of aryl methyl sites for hydroxylation is 1. The number of benzene rings is 1. The summed E-state index contributed by atoms with van der Waals surface area (Å²) in [6, 6.07) is 6.18. The van der Waals surface area contributed by atoms with Crippen LogP contribution in [-0.2, 0) is 18.4 Å². The molecule has 0 unspecified atom stereocenters. The van der Waals surface area contributed by atoms with Crippen LogP contribution in [0.4, 0.5) is 4.39 Å². The Hall–Kier alpha value is -3.03. The van der Waals surface area contributed by atoms with Gasteiger partial charge in [0.1, 0.15) is 11.4 Å². The van der Waals surface area contributed by atoms with Crippen LogP contribution in [0, 0.1) is 12.7 Å². The van der Waals surface area contributed by atoms with Crippen molar-refractivity contribution in [3.05, 3.63) is 58.7 Å². The number of amides is 1. The molecular formula is C21H22FN5O2. The van der Waals surface area contributed by atoms with Crippen molar-refractivity contribution in [2.75, 3.05) is 0 Å². The molecular weight excluding hydrogens is 373 g/mol. The molecule has 8 heteroatoms. The van der Waals surface area contributed by atoms with Crippen LogP contribution in [0.2, 0.25) is 0 Å². The Bertz CT molecular complexity index is 1060. The first-order chi connectivity index (χ1) is 14.1. The van der Waals surface area contributed by atoms with Crippen molar-refractivity contribution in [3.8, 4) is 5.69 Å². The van der Waals surface area contributed by atoms with E-state index >= 15 is 0 Å². The third kappa shape index (κ3) is 3.03. The van der Waals surface area contributed by atoms with Crippen LogP contribution in [-0.4, -0.2) is 25.8 Å². The van der Waals surface area contributed by atoms with Gasteiger partial charge in [0, 0.05) is 18.2 Å². The lowest BCUT2D eigenvalue weighted by molar-refractivity contribution is 0.0885. The summed E-state index contributed by atoms with van der Waals surface area (Å²) >= 11 is 0. The number of rotatable bonds is 4. The zero-order valence-electron chi connectivity index (χ0n) is 16.2. The molecule has 1 aromatic carbocycles. The van der Waals surface area contributed by atoms with Gasteiger partial charge in [0.25, 0.3) is 5.91 Å². The lowest BCUT2D eigenvalue weighted by atomic mass is 9.96. The molecule has 29 heavy (non-hydrogen) atoms. The van der Waals surface area contributed by atoms with E-state index in [-0.39, 0.29) is 11.7 Å². The maximum atomic E-state index is 13.3. The van der Waals surface area contributed by atoms with Gasteiger partial charge in [0.2, 0.25) is 5.89 Å².